The maximum absolute atomic E-state index is 12.3. The van der Waals surface area contributed by atoms with Crippen molar-refractivity contribution in [2.24, 2.45) is 0 Å². The van der Waals surface area contributed by atoms with Gasteiger partial charge in [-0.25, -0.2) is 13.4 Å². The van der Waals surface area contributed by atoms with Crippen LogP contribution in [0.5, 0.6) is 0 Å². The van der Waals surface area contributed by atoms with Gasteiger partial charge in [0.05, 0.1) is 14.8 Å². The van der Waals surface area contributed by atoms with Gasteiger partial charge in [-0.3, -0.25) is 4.72 Å². The van der Waals surface area contributed by atoms with E-state index in [2.05, 4.69) is 23.6 Å². The second kappa shape index (κ2) is 6.37. The van der Waals surface area contributed by atoms with Crippen molar-refractivity contribution < 1.29 is 8.42 Å². The van der Waals surface area contributed by atoms with Crippen LogP contribution in [0.1, 0.15) is 31.0 Å². The molecule has 7 heteroatoms. The predicted octanol–water partition coefficient (Wildman–Crippen LogP) is 4.10. The quantitative estimate of drug-likeness (QED) is 0.831. The van der Waals surface area contributed by atoms with Gasteiger partial charge >= 0.3 is 0 Å². The Balaban J connectivity index is 2.25. The molecule has 0 fully saturated rings. The lowest BCUT2D eigenvalue weighted by Crippen LogP contribution is -2.12. The fourth-order valence-corrected chi connectivity index (χ4v) is 4.67. The maximum atomic E-state index is 12.3. The van der Waals surface area contributed by atoms with Gasteiger partial charge in [-0.1, -0.05) is 37.3 Å². The third kappa shape index (κ3) is 3.78. The van der Waals surface area contributed by atoms with Gasteiger partial charge < -0.3 is 0 Å². The van der Waals surface area contributed by atoms with Gasteiger partial charge in [-0.2, -0.15) is 0 Å². The number of sulfonamides is 1. The van der Waals surface area contributed by atoms with Gasteiger partial charge in [0.25, 0.3) is 10.0 Å². The number of anilines is 1. The fraction of sp³-hybridized carbons (Fsp3) is 0.357. The van der Waals surface area contributed by atoms with E-state index in [1.165, 1.54) is 11.3 Å². The normalized spacial score (nSPS) is 11.9. The molecule has 1 aromatic carbocycles. The van der Waals surface area contributed by atoms with E-state index < -0.39 is 10.0 Å². The van der Waals surface area contributed by atoms with Gasteiger partial charge in [0.2, 0.25) is 0 Å². The zero-order chi connectivity index (χ0) is 15.6. The molecule has 0 saturated carbocycles. The van der Waals surface area contributed by atoms with E-state index in [4.69, 9.17) is 0 Å². The smallest absolute Gasteiger partial charge is 0.255 e. The summed E-state index contributed by atoms with van der Waals surface area (Å²) in [6.07, 6.45) is 1.95. The molecule has 0 saturated heterocycles. The Hall–Kier alpha value is -1.05. The minimum absolute atomic E-state index is 0.255. The van der Waals surface area contributed by atoms with E-state index in [1.807, 2.05) is 25.3 Å². The van der Waals surface area contributed by atoms with Gasteiger partial charge in [-0.15, -0.1) is 11.8 Å². The van der Waals surface area contributed by atoms with E-state index in [0.717, 1.165) is 15.5 Å². The summed E-state index contributed by atoms with van der Waals surface area (Å²) in [6, 6.07) is 6.96. The number of aromatic nitrogens is 1. The average Bonchev–Trinajstić information content (AvgIpc) is 2.78. The van der Waals surface area contributed by atoms with Gasteiger partial charge in [0.1, 0.15) is 0 Å². The van der Waals surface area contributed by atoms with Crippen LogP contribution in [0.4, 0.5) is 5.13 Å². The van der Waals surface area contributed by atoms with Crippen LogP contribution in [-0.2, 0) is 10.0 Å². The van der Waals surface area contributed by atoms with Crippen LogP contribution in [0.2, 0.25) is 0 Å². The van der Waals surface area contributed by atoms with Crippen molar-refractivity contribution in [2.45, 2.75) is 35.8 Å². The summed E-state index contributed by atoms with van der Waals surface area (Å²) in [7, 11) is -3.58. The molecule has 1 N–H and O–H groups in total. The third-order valence-corrected chi connectivity index (χ3v) is 6.79. The summed E-state index contributed by atoms with van der Waals surface area (Å²) in [5, 5.41) is 0.407. The lowest BCUT2D eigenvalue weighted by molar-refractivity contribution is 0.601. The minimum Gasteiger partial charge on any atom is -0.255 e. The SMILES string of the molecule is CSc1sc(NS(=O)(=O)c2ccc(C(C)C)cc2)nc1C. The van der Waals surface area contributed by atoms with Crippen molar-refractivity contribution in [1.29, 1.82) is 0 Å². The summed E-state index contributed by atoms with van der Waals surface area (Å²) >= 11 is 2.92. The monoisotopic (exact) mass is 342 g/mol. The summed E-state index contributed by atoms with van der Waals surface area (Å²) in [4.78, 5) is 4.50. The molecule has 0 unspecified atom stereocenters. The number of hydrogen-bond acceptors (Lipinski definition) is 5. The lowest BCUT2D eigenvalue weighted by Gasteiger charge is -2.08. The molecule has 0 aliphatic heterocycles. The van der Waals surface area contributed by atoms with Crippen LogP contribution in [0.15, 0.2) is 33.4 Å². The van der Waals surface area contributed by atoms with E-state index in [0.29, 0.717) is 11.0 Å². The molecule has 2 aromatic rings. The highest BCUT2D eigenvalue weighted by atomic mass is 32.2. The molecule has 0 spiro atoms. The van der Waals surface area contributed by atoms with E-state index >= 15 is 0 Å². The molecule has 2 rings (SSSR count). The van der Waals surface area contributed by atoms with Gasteiger partial charge in [-0.05, 0) is 36.8 Å². The fourth-order valence-electron chi connectivity index (χ4n) is 1.82. The Morgan fingerprint density at radius 3 is 2.33 bits per heavy atom. The molecule has 0 bridgehead atoms. The minimum atomic E-state index is -3.58. The topological polar surface area (TPSA) is 59.1 Å². The van der Waals surface area contributed by atoms with Crippen LogP contribution >= 0.6 is 23.1 Å². The molecule has 21 heavy (non-hydrogen) atoms. The van der Waals surface area contributed by atoms with Gasteiger partial charge in [0.15, 0.2) is 5.13 Å². The molecule has 0 atom stereocenters. The molecule has 0 aliphatic carbocycles. The molecule has 0 radical (unpaired) electrons. The van der Waals surface area contributed by atoms with Crippen LogP contribution in [0.25, 0.3) is 0 Å². The third-order valence-electron chi connectivity index (χ3n) is 3.02. The summed E-state index contributed by atoms with van der Waals surface area (Å²) in [6.45, 7) is 6.02. The number of thiazole rings is 1. The first-order valence-corrected chi connectivity index (χ1v) is 10.00. The molecular formula is C14H18N2O2S3. The van der Waals surface area contributed by atoms with Crippen LogP contribution in [0.3, 0.4) is 0 Å². The first kappa shape index (κ1) is 16.3. The standard InChI is InChI=1S/C14H18N2O2S3/c1-9(2)11-5-7-12(8-6-11)21(17,18)16-14-15-10(3)13(19-4)20-14/h5-9H,1-4H3,(H,15,16). The Labute approximate surface area is 134 Å². The van der Waals surface area contributed by atoms with E-state index in [-0.39, 0.29) is 4.90 Å². The van der Waals surface area contributed by atoms with Gasteiger partial charge in [0, 0.05) is 0 Å². The average molecular weight is 343 g/mol. The first-order valence-electron chi connectivity index (χ1n) is 6.47. The van der Waals surface area contributed by atoms with Crippen molar-refractivity contribution >= 4 is 38.3 Å². The summed E-state index contributed by atoms with van der Waals surface area (Å²) in [5.74, 6) is 0.375. The molecule has 0 aliphatic rings. The molecule has 0 amide bonds. The van der Waals surface area contributed by atoms with Crippen molar-refractivity contribution in [3.05, 3.63) is 35.5 Å². The largest absolute Gasteiger partial charge is 0.263 e. The van der Waals surface area contributed by atoms with E-state index in [1.54, 1.807) is 23.9 Å². The van der Waals surface area contributed by atoms with Crippen molar-refractivity contribution in [1.82, 2.24) is 4.98 Å². The zero-order valence-electron chi connectivity index (χ0n) is 12.4. The van der Waals surface area contributed by atoms with Crippen molar-refractivity contribution in [3.63, 3.8) is 0 Å². The molecule has 1 aromatic heterocycles. The highest BCUT2D eigenvalue weighted by Gasteiger charge is 2.17. The molecular weight excluding hydrogens is 324 g/mol. The Morgan fingerprint density at radius 2 is 1.86 bits per heavy atom. The van der Waals surface area contributed by atoms with E-state index in [9.17, 15) is 8.42 Å². The zero-order valence-corrected chi connectivity index (χ0v) is 14.8. The number of hydrogen-bond donors (Lipinski definition) is 1. The van der Waals surface area contributed by atoms with Crippen molar-refractivity contribution in [2.75, 3.05) is 11.0 Å². The highest BCUT2D eigenvalue weighted by Crippen LogP contribution is 2.31. The maximum Gasteiger partial charge on any atom is 0.263 e. The highest BCUT2D eigenvalue weighted by molar-refractivity contribution is 8.00. The molecule has 114 valence electrons. The number of nitrogens with one attached hydrogen (secondary N) is 1. The second-order valence-corrected chi connectivity index (χ2v) is 8.68. The molecule has 4 nitrogen and oxygen atoms in total. The van der Waals surface area contributed by atoms with Crippen LogP contribution in [0, 0.1) is 6.92 Å². The predicted molar refractivity (Wildman–Crippen MR) is 90.0 cm³/mol. The van der Waals surface area contributed by atoms with Crippen molar-refractivity contribution in [3.8, 4) is 0 Å². The number of rotatable bonds is 5. The van der Waals surface area contributed by atoms with Crippen LogP contribution in [-0.4, -0.2) is 19.7 Å². The first-order chi connectivity index (χ1) is 9.83. The Kier molecular flexibility index (Phi) is 4.95. The Morgan fingerprint density at radius 1 is 1.24 bits per heavy atom. The summed E-state index contributed by atoms with van der Waals surface area (Å²) < 4.78 is 28.2. The number of benzene rings is 1. The number of thioether (sulfide) groups is 1. The number of nitrogens with zero attached hydrogens (tertiary/aromatic N) is 1. The molecule has 1 heterocycles. The lowest BCUT2D eigenvalue weighted by atomic mass is 10.0. The number of aryl methyl sites for hydroxylation is 1. The summed E-state index contributed by atoms with van der Waals surface area (Å²) in [5.41, 5.74) is 1.96. The van der Waals surface area contributed by atoms with Crippen LogP contribution < -0.4 is 4.72 Å². The second-order valence-electron chi connectivity index (χ2n) is 4.93. The Bertz CT molecular complexity index is 719.